The summed E-state index contributed by atoms with van der Waals surface area (Å²) in [5.74, 6) is 0.226. The number of nitrogens with zero attached hydrogens (tertiary/aromatic N) is 1. The van der Waals surface area contributed by atoms with Gasteiger partial charge in [0.25, 0.3) is 11.8 Å². The number of carbonyl (C=O) groups is 3. The summed E-state index contributed by atoms with van der Waals surface area (Å²) in [5.41, 5.74) is 0.256. The SMILES string of the molecule is CCOc1cc(C(=O)OCC(=O)N[C@@H]2CCCC[C@@H]2C)ccc1OCC(=O)N1CCCCC1. The molecule has 2 atom stereocenters. The number of nitrogens with one attached hydrogen (secondary N) is 1. The van der Waals surface area contributed by atoms with E-state index in [1.807, 2.05) is 11.8 Å². The zero-order chi connectivity index (χ0) is 23.6. The molecule has 2 fully saturated rings. The lowest BCUT2D eigenvalue weighted by Gasteiger charge is -2.29. The van der Waals surface area contributed by atoms with Gasteiger partial charge in [0.1, 0.15) is 0 Å². The van der Waals surface area contributed by atoms with Crippen LogP contribution in [0.5, 0.6) is 11.5 Å². The van der Waals surface area contributed by atoms with E-state index in [-0.39, 0.29) is 36.6 Å². The number of likely N-dealkylation sites (tertiary alicyclic amines) is 1. The Hall–Kier alpha value is -2.77. The Morgan fingerprint density at radius 3 is 2.45 bits per heavy atom. The van der Waals surface area contributed by atoms with Crippen LogP contribution >= 0.6 is 0 Å². The molecule has 0 unspecified atom stereocenters. The lowest BCUT2D eigenvalue weighted by atomic mass is 9.86. The van der Waals surface area contributed by atoms with Gasteiger partial charge in [-0.05, 0) is 63.1 Å². The van der Waals surface area contributed by atoms with Gasteiger partial charge in [0.2, 0.25) is 0 Å². The molecule has 8 heteroatoms. The lowest BCUT2D eigenvalue weighted by Crippen LogP contribution is -2.42. The summed E-state index contributed by atoms with van der Waals surface area (Å²) in [5, 5.41) is 2.97. The molecule has 1 saturated carbocycles. The van der Waals surface area contributed by atoms with Gasteiger partial charge in [-0.2, -0.15) is 0 Å². The van der Waals surface area contributed by atoms with Crippen LogP contribution in [0.2, 0.25) is 0 Å². The molecule has 3 rings (SSSR count). The van der Waals surface area contributed by atoms with Gasteiger partial charge in [-0.15, -0.1) is 0 Å². The highest BCUT2D eigenvalue weighted by Crippen LogP contribution is 2.29. The highest BCUT2D eigenvalue weighted by atomic mass is 16.5. The van der Waals surface area contributed by atoms with E-state index in [2.05, 4.69) is 12.2 Å². The number of benzene rings is 1. The van der Waals surface area contributed by atoms with Crippen molar-refractivity contribution in [1.29, 1.82) is 0 Å². The van der Waals surface area contributed by atoms with Gasteiger partial charge in [-0.1, -0.05) is 19.8 Å². The molecule has 2 amide bonds. The summed E-state index contributed by atoms with van der Waals surface area (Å²) in [6.07, 6.45) is 7.54. The fraction of sp³-hybridized carbons (Fsp3) is 0.640. The standard InChI is InChI=1S/C25H36N2O6/c1-3-31-22-15-19(11-12-21(22)32-17-24(29)27-13-7-4-8-14-27)25(30)33-16-23(28)26-20-10-6-5-9-18(20)2/h11-12,15,18,20H,3-10,13-14,16-17H2,1-2H3,(H,26,28)/t18-,20+/m0/s1. The number of hydrogen-bond acceptors (Lipinski definition) is 6. The number of esters is 1. The summed E-state index contributed by atoms with van der Waals surface area (Å²) in [4.78, 5) is 38.9. The molecule has 0 spiro atoms. The largest absolute Gasteiger partial charge is 0.490 e. The molecule has 33 heavy (non-hydrogen) atoms. The van der Waals surface area contributed by atoms with Gasteiger partial charge >= 0.3 is 5.97 Å². The average molecular weight is 461 g/mol. The van der Waals surface area contributed by atoms with Crippen LogP contribution in [0.1, 0.15) is 69.2 Å². The minimum atomic E-state index is -0.612. The third-order valence-corrected chi connectivity index (χ3v) is 6.33. The van der Waals surface area contributed by atoms with E-state index >= 15 is 0 Å². The third-order valence-electron chi connectivity index (χ3n) is 6.33. The van der Waals surface area contributed by atoms with Gasteiger partial charge in [-0.25, -0.2) is 4.79 Å². The van der Waals surface area contributed by atoms with Gasteiger partial charge in [0.15, 0.2) is 24.7 Å². The predicted molar refractivity (Wildman–Crippen MR) is 123 cm³/mol. The predicted octanol–water partition coefficient (Wildman–Crippen LogP) is 3.33. The molecule has 0 aromatic heterocycles. The van der Waals surface area contributed by atoms with E-state index in [9.17, 15) is 14.4 Å². The Bertz CT molecular complexity index is 821. The van der Waals surface area contributed by atoms with Crippen molar-refractivity contribution in [1.82, 2.24) is 10.2 Å². The second-order valence-electron chi connectivity index (χ2n) is 8.84. The van der Waals surface area contributed by atoms with Crippen LogP contribution in [0.25, 0.3) is 0 Å². The quantitative estimate of drug-likeness (QED) is 0.568. The van der Waals surface area contributed by atoms with Crippen molar-refractivity contribution >= 4 is 17.8 Å². The highest BCUT2D eigenvalue weighted by Gasteiger charge is 2.23. The number of carbonyl (C=O) groups excluding carboxylic acids is 3. The molecular weight excluding hydrogens is 424 g/mol. The van der Waals surface area contributed by atoms with E-state index in [4.69, 9.17) is 14.2 Å². The molecule has 8 nitrogen and oxygen atoms in total. The maximum Gasteiger partial charge on any atom is 0.338 e. The Kier molecular flexibility index (Phi) is 9.39. The first-order valence-electron chi connectivity index (χ1n) is 12.1. The fourth-order valence-electron chi connectivity index (χ4n) is 4.39. The number of ether oxygens (including phenoxy) is 3. The topological polar surface area (TPSA) is 94.2 Å². The Balaban J connectivity index is 1.53. The molecule has 1 aromatic carbocycles. The van der Waals surface area contributed by atoms with E-state index in [1.54, 1.807) is 12.1 Å². The number of hydrogen-bond donors (Lipinski definition) is 1. The average Bonchev–Trinajstić information content (AvgIpc) is 2.83. The fourth-order valence-corrected chi connectivity index (χ4v) is 4.39. The summed E-state index contributed by atoms with van der Waals surface area (Å²) < 4.78 is 16.5. The zero-order valence-electron chi connectivity index (χ0n) is 19.8. The molecule has 0 bridgehead atoms. The first kappa shape index (κ1) is 24.9. The van der Waals surface area contributed by atoms with Crippen molar-refractivity contribution in [3.05, 3.63) is 23.8 Å². The van der Waals surface area contributed by atoms with Crippen molar-refractivity contribution in [3.63, 3.8) is 0 Å². The summed E-state index contributed by atoms with van der Waals surface area (Å²) in [7, 11) is 0. The highest BCUT2D eigenvalue weighted by molar-refractivity contribution is 5.92. The smallest absolute Gasteiger partial charge is 0.338 e. The molecule has 182 valence electrons. The maximum absolute atomic E-state index is 12.5. The lowest BCUT2D eigenvalue weighted by molar-refractivity contribution is -0.134. The van der Waals surface area contributed by atoms with E-state index in [1.165, 1.54) is 12.5 Å². The van der Waals surface area contributed by atoms with Gasteiger partial charge in [0, 0.05) is 19.1 Å². The van der Waals surface area contributed by atoms with Crippen molar-refractivity contribution in [3.8, 4) is 11.5 Å². The van der Waals surface area contributed by atoms with Crippen LogP contribution in [0.3, 0.4) is 0 Å². The zero-order valence-corrected chi connectivity index (χ0v) is 19.8. The normalized spacial score (nSPS) is 20.6. The number of piperidine rings is 1. The molecule has 0 radical (unpaired) electrons. The Labute approximate surface area is 195 Å². The molecular formula is C25H36N2O6. The van der Waals surface area contributed by atoms with E-state index in [0.717, 1.165) is 51.6 Å². The second-order valence-corrected chi connectivity index (χ2v) is 8.84. The van der Waals surface area contributed by atoms with Crippen molar-refractivity contribution in [2.45, 2.75) is 64.8 Å². The van der Waals surface area contributed by atoms with Crippen molar-refractivity contribution in [2.75, 3.05) is 32.9 Å². The minimum absolute atomic E-state index is 0.0565. The van der Waals surface area contributed by atoms with Gasteiger partial charge < -0.3 is 24.4 Å². The molecule has 1 N–H and O–H groups in total. The summed E-state index contributed by atoms with van der Waals surface area (Å²) in [6.45, 7) is 5.45. The van der Waals surface area contributed by atoms with Crippen LogP contribution in [0.15, 0.2) is 18.2 Å². The first-order chi connectivity index (χ1) is 16.0. The van der Waals surface area contributed by atoms with Crippen molar-refractivity contribution in [2.24, 2.45) is 5.92 Å². The minimum Gasteiger partial charge on any atom is -0.490 e. The van der Waals surface area contributed by atoms with Crippen LogP contribution in [0.4, 0.5) is 0 Å². The van der Waals surface area contributed by atoms with Crippen LogP contribution in [-0.2, 0) is 14.3 Å². The van der Waals surface area contributed by atoms with Gasteiger partial charge in [0.05, 0.1) is 12.2 Å². The van der Waals surface area contributed by atoms with Gasteiger partial charge in [-0.3, -0.25) is 9.59 Å². The first-order valence-corrected chi connectivity index (χ1v) is 12.1. The summed E-state index contributed by atoms with van der Waals surface area (Å²) in [6, 6.07) is 4.80. The molecule has 1 aliphatic carbocycles. The number of rotatable bonds is 9. The van der Waals surface area contributed by atoms with Crippen LogP contribution in [0, 0.1) is 5.92 Å². The monoisotopic (exact) mass is 460 g/mol. The second kappa shape index (κ2) is 12.5. The Morgan fingerprint density at radius 2 is 1.73 bits per heavy atom. The van der Waals surface area contributed by atoms with E-state index < -0.39 is 5.97 Å². The third kappa shape index (κ3) is 7.37. The maximum atomic E-state index is 12.5. The summed E-state index contributed by atoms with van der Waals surface area (Å²) >= 11 is 0. The van der Waals surface area contributed by atoms with E-state index in [0.29, 0.717) is 24.0 Å². The molecule has 2 aliphatic rings. The molecule has 1 aliphatic heterocycles. The molecule has 1 heterocycles. The Morgan fingerprint density at radius 1 is 0.970 bits per heavy atom. The van der Waals surface area contributed by atoms with Crippen LogP contribution < -0.4 is 14.8 Å². The molecule has 1 aromatic rings. The van der Waals surface area contributed by atoms with Crippen LogP contribution in [-0.4, -0.2) is 61.6 Å². The number of amides is 2. The molecule has 1 saturated heterocycles. The van der Waals surface area contributed by atoms with Crippen molar-refractivity contribution < 1.29 is 28.6 Å².